The van der Waals surface area contributed by atoms with E-state index >= 15 is 0 Å². The molecule has 2 N–H and O–H groups in total. The maximum atomic E-state index is 14.4. The van der Waals surface area contributed by atoms with Gasteiger partial charge in [-0.3, -0.25) is 9.59 Å². The average Bonchev–Trinajstić information content (AvgIpc) is 2.86. The Bertz CT molecular complexity index is 1130. The van der Waals surface area contributed by atoms with Crippen molar-refractivity contribution in [2.24, 2.45) is 5.92 Å². The van der Waals surface area contributed by atoms with E-state index in [1.165, 1.54) is 0 Å². The van der Waals surface area contributed by atoms with Crippen LogP contribution in [0.25, 0.3) is 0 Å². The number of benzene rings is 2. The molecule has 0 saturated heterocycles. The number of hydrogen-bond acceptors (Lipinski definition) is 4. The SMILES string of the molecule is CCCCCCN(C(=O)C(CC(C)C)NC(=O)OC(C)(C)C)C(C(=O)Nc1c(C)cccc1C)c1ccc(C)cc1. The van der Waals surface area contributed by atoms with Crippen LogP contribution in [0.1, 0.15) is 102 Å². The second-order valence-electron chi connectivity index (χ2n) is 12.5. The lowest BCUT2D eigenvalue weighted by Crippen LogP contribution is -2.53. The highest BCUT2D eigenvalue weighted by molar-refractivity contribution is 5.99. The monoisotopic (exact) mass is 565 g/mol. The third-order valence-corrected chi connectivity index (χ3v) is 6.91. The van der Waals surface area contributed by atoms with E-state index in [0.717, 1.165) is 53.6 Å². The number of ether oxygens (including phenoxy) is 1. The van der Waals surface area contributed by atoms with Crippen molar-refractivity contribution in [2.45, 2.75) is 112 Å². The number of hydrogen-bond donors (Lipinski definition) is 2. The van der Waals surface area contributed by atoms with E-state index in [0.29, 0.717) is 13.0 Å². The summed E-state index contributed by atoms with van der Waals surface area (Å²) in [5.74, 6) is -0.443. The van der Waals surface area contributed by atoms with Crippen LogP contribution in [0.3, 0.4) is 0 Å². The lowest BCUT2D eigenvalue weighted by molar-refractivity contribution is -0.141. The molecule has 226 valence electrons. The van der Waals surface area contributed by atoms with Crippen LogP contribution < -0.4 is 10.6 Å². The van der Waals surface area contributed by atoms with Gasteiger partial charge in [-0.1, -0.05) is 88.1 Å². The quantitative estimate of drug-likeness (QED) is 0.244. The number of aryl methyl sites for hydroxylation is 3. The first-order valence-corrected chi connectivity index (χ1v) is 15.0. The first kappa shape index (κ1) is 33.9. The van der Waals surface area contributed by atoms with E-state index in [9.17, 15) is 14.4 Å². The van der Waals surface area contributed by atoms with Crippen molar-refractivity contribution in [1.29, 1.82) is 0 Å². The third kappa shape index (κ3) is 10.9. The molecule has 0 heterocycles. The maximum Gasteiger partial charge on any atom is 0.408 e. The molecule has 2 aromatic carbocycles. The van der Waals surface area contributed by atoms with Gasteiger partial charge in [-0.2, -0.15) is 0 Å². The summed E-state index contributed by atoms with van der Waals surface area (Å²) >= 11 is 0. The third-order valence-electron chi connectivity index (χ3n) is 6.91. The number of unbranched alkanes of at least 4 members (excludes halogenated alkanes) is 3. The van der Waals surface area contributed by atoms with Crippen LogP contribution in [-0.4, -0.2) is 41.0 Å². The molecule has 7 heteroatoms. The molecule has 2 unspecified atom stereocenters. The summed E-state index contributed by atoms with van der Waals surface area (Å²) in [5, 5.41) is 5.96. The number of alkyl carbamates (subject to hydrolysis) is 1. The van der Waals surface area contributed by atoms with Crippen molar-refractivity contribution in [3.05, 3.63) is 64.7 Å². The normalized spacial score (nSPS) is 12.9. The van der Waals surface area contributed by atoms with E-state index in [1.807, 2.05) is 77.1 Å². The van der Waals surface area contributed by atoms with Gasteiger partial charge in [0.1, 0.15) is 17.7 Å². The van der Waals surface area contributed by atoms with Gasteiger partial charge in [0.2, 0.25) is 5.91 Å². The van der Waals surface area contributed by atoms with Crippen molar-refractivity contribution in [3.8, 4) is 0 Å². The lowest BCUT2D eigenvalue weighted by Gasteiger charge is -2.35. The maximum absolute atomic E-state index is 14.4. The van der Waals surface area contributed by atoms with Gasteiger partial charge < -0.3 is 20.3 Å². The highest BCUT2D eigenvalue weighted by Crippen LogP contribution is 2.28. The van der Waals surface area contributed by atoms with Gasteiger partial charge in [-0.15, -0.1) is 0 Å². The van der Waals surface area contributed by atoms with E-state index < -0.39 is 23.8 Å². The first-order chi connectivity index (χ1) is 19.2. The number of para-hydroxylation sites is 1. The van der Waals surface area contributed by atoms with Crippen LogP contribution in [0.2, 0.25) is 0 Å². The fourth-order valence-electron chi connectivity index (χ4n) is 4.84. The highest BCUT2D eigenvalue weighted by atomic mass is 16.6. The standard InChI is InChI=1S/C34H51N3O4/c1-10-11-12-13-21-37(32(39)28(22-23(2)3)35-33(40)41-34(7,8)9)30(27-19-17-24(4)18-20-27)31(38)36-29-25(5)15-14-16-26(29)6/h14-20,23,28,30H,10-13,21-22H2,1-9H3,(H,35,40)(H,36,38). The highest BCUT2D eigenvalue weighted by Gasteiger charge is 2.36. The number of carbonyl (C=O) groups is 3. The second-order valence-corrected chi connectivity index (χ2v) is 12.5. The van der Waals surface area contributed by atoms with Gasteiger partial charge in [0.05, 0.1) is 0 Å². The van der Waals surface area contributed by atoms with Crippen molar-refractivity contribution >= 4 is 23.6 Å². The Hall–Kier alpha value is -3.35. The molecule has 3 amide bonds. The predicted octanol–water partition coefficient (Wildman–Crippen LogP) is 7.64. The number of carbonyl (C=O) groups excluding carboxylic acids is 3. The van der Waals surface area contributed by atoms with Crippen LogP contribution in [0.5, 0.6) is 0 Å². The molecule has 0 aliphatic carbocycles. The van der Waals surface area contributed by atoms with Gasteiger partial charge in [0.15, 0.2) is 0 Å². The molecule has 2 atom stereocenters. The molecular weight excluding hydrogens is 514 g/mol. The number of rotatable bonds is 13. The Labute approximate surface area is 247 Å². The van der Waals surface area contributed by atoms with E-state index in [-0.39, 0.29) is 17.7 Å². The number of nitrogens with zero attached hydrogens (tertiary/aromatic N) is 1. The molecule has 0 aromatic heterocycles. The van der Waals surface area contributed by atoms with Crippen LogP contribution in [0, 0.1) is 26.7 Å². The lowest BCUT2D eigenvalue weighted by atomic mass is 9.97. The smallest absolute Gasteiger partial charge is 0.408 e. The van der Waals surface area contributed by atoms with Gasteiger partial charge in [-0.25, -0.2) is 4.79 Å². The topological polar surface area (TPSA) is 87.7 Å². The summed E-state index contributed by atoms with van der Waals surface area (Å²) in [4.78, 5) is 43.0. The van der Waals surface area contributed by atoms with Crippen molar-refractivity contribution in [1.82, 2.24) is 10.2 Å². The molecule has 0 radical (unpaired) electrons. The van der Waals surface area contributed by atoms with Crippen molar-refractivity contribution < 1.29 is 19.1 Å². The predicted molar refractivity (Wildman–Crippen MR) is 167 cm³/mol. The van der Waals surface area contributed by atoms with Crippen LogP contribution in [-0.2, 0) is 14.3 Å². The Kier molecular flexibility index (Phi) is 12.9. The van der Waals surface area contributed by atoms with Crippen LogP contribution >= 0.6 is 0 Å². The summed E-state index contributed by atoms with van der Waals surface area (Å²) in [7, 11) is 0. The molecule has 2 aromatic rings. The fraction of sp³-hybridized carbons (Fsp3) is 0.559. The van der Waals surface area contributed by atoms with Crippen molar-refractivity contribution in [3.63, 3.8) is 0 Å². The summed E-state index contributed by atoms with van der Waals surface area (Å²) in [6.45, 7) is 17.8. The summed E-state index contributed by atoms with van der Waals surface area (Å²) < 4.78 is 5.50. The Morgan fingerprint density at radius 2 is 1.51 bits per heavy atom. The van der Waals surface area contributed by atoms with E-state index in [2.05, 4.69) is 17.6 Å². The molecule has 0 bridgehead atoms. The van der Waals surface area contributed by atoms with Crippen LogP contribution in [0.15, 0.2) is 42.5 Å². The molecule has 0 spiro atoms. The molecule has 7 nitrogen and oxygen atoms in total. The van der Waals surface area contributed by atoms with Crippen molar-refractivity contribution in [2.75, 3.05) is 11.9 Å². The molecule has 0 aliphatic rings. The zero-order valence-electron chi connectivity index (χ0n) is 26.6. The largest absolute Gasteiger partial charge is 0.444 e. The van der Waals surface area contributed by atoms with E-state index in [1.54, 1.807) is 25.7 Å². The number of amides is 3. The Morgan fingerprint density at radius 1 is 0.902 bits per heavy atom. The second kappa shape index (κ2) is 15.6. The number of nitrogens with one attached hydrogen (secondary N) is 2. The molecule has 0 aliphatic heterocycles. The Balaban J connectivity index is 2.57. The summed E-state index contributed by atoms with van der Waals surface area (Å²) in [6, 6.07) is 11.9. The zero-order chi connectivity index (χ0) is 30.7. The molecule has 0 saturated carbocycles. The molecule has 2 rings (SSSR count). The molecular formula is C34H51N3O4. The minimum atomic E-state index is -0.876. The first-order valence-electron chi connectivity index (χ1n) is 15.0. The Morgan fingerprint density at radius 3 is 2.05 bits per heavy atom. The molecule has 41 heavy (non-hydrogen) atoms. The van der Waals surface area contributed by atoms with E-state index in [4.69, 9.17) is 4.74 Å². The van der Waals surface area contributed by atoms with Crippen LogP contribution in [0.4, 0.5) is 10.5 Å². The number of anilines is 1. The minimum Gasteiger partial charge on any atom is -0.444 e. The summed E-state index contributed by atoms with van der Waals surface area (Å²) in [6.07, 6.45) is 3.56. The average molecular weight is 566 g/mol. The fourth-order valence-corrected chi connectivity index (χ4v) is 4.84. The van der Waals surface area contributed by atoms with Gasteiger partial charge in [0.25, 0.3) is 5.91 Å². The minimum absolute atomic E-state index is 0.127. The molecule has 0 fully saturated rings. The van der Waals surface area contributed by atoms with Gasteiger partial charge in [0, 0.05) is 12.2 Å². The zero-order valence-corrected chi connectivity index (χ0v) is 26.6. The van der Waals surface area contributed by atoms with Gasteiger partial charge in [-0.05, 0) is 77.0 Å². The summed E-state index contributed by atoms with van der Waals surface area (Å²) in [5.41, 5.74) is 3.73. The van der Waals surface area contributed by atoms with Gasteiger partial charge >= 0.3 is 6.09 Å².